The molecule has 1 unspecified atom stereocenters. The third kappa shape index (κ3) is 10.8. The fourth-order valence-corrected chi connectivity index (χ4v) is 2.40. The first-order chi connectivity index (χ1) is 7.89. The maximum Gasteiger partial charge on any atom is 0.0107 e. The minimum Gasteiger partial charge on any atom is -0.315 e. The molecule has 0 aliphatic rings. The molecule has 2 nitrogen and oxygen atoms in total. The van der Waals surface area contributed by atoms with Crippen LogP contribution < -0.4 is 5.32 Å². The van der Waals surface area contributed by atoms with E-state index in [1.165, 1.54) is 39.0 Å². The molecule has 0 amide bonds. The average molecular weight is 242 g/mol. The largest absolute Gasteiger partial charge is 0.315 e. The van der Waals surface area contributed by atoms with Crippen LogP contribution in [0, 0.1) is 11.3 Å². The molecule has 0 spiro atoms. The summed E-state index contributed by atoms with van der Waals surface area (Å²) in [6, 6.07) is 0. The van der Waals surface area contributed by atoms with Crippen molar-refractivity contribution >= 4 is 0 Å². The number of hydrogen-bond donors (Lipinski definition) is 1. The molecule has 1 atom stereocenters. The zero-order valence-corrected chi connectivity index (χ0v) is 13.0. The second-order valence-corrected chi connectivity index (χ2v) is 6.44. The van der Waals surface area contributed by atoms with E-state index >= 15 is 0 Å². The number of nitrogens with zero attached hydrogens (tertiary/aromatic N) is 1. The topological polar surface area (TPSA) is 15.3 Å². The smallest absolute Gasteiger partial charge is 0.0107 e. The lowest BCUT2D eigenvalue weighted by molar-refractivity contribution is 0.285. The molecule has 2 heteroatoms. The number of hydrogen-bond acceptors (Lipinski definition) is 2. The van der Waals surface area contributed by atoms with Crippen LogP contribution in [0.3, 0.4) is 0 Å². The van der Waals surface area contributed by atoms with Gasteiger partial charge in [-0.2, -0.15) is 0 Å². The first-order valence-electron chi connectivity index (χ1n) is 7.32. The van der Waals surface area contributed by atoms with Crippen molar-refractivity contribution in [1.29, 1.82) is 0 Å². The van der Waals surface area contributed by atoms with E-state index in [-0.39, 0.29) is 0 Å². The Labute approximate surface area is 109 Å². The predicted molar refractivity (Wildman–Crippen MR) is 78.5 cm³/mol. The van der Waals surface area contributed by atoms with Gasteiger partial charge in [0.1, 0.15) is 0 Å². The van der Waals surface area contributed by atoms with Gasteiger partial charge in [-0.25, -0.2) is 0 Å². The Hall–Kier alpha value is -0.0800. The summed E-state index contributed by atoms with van der Waals surface area (Å²) in [7, 11) is 0. The summed E-state index contributed by atoms with van der Waals surface area (Å²) in [5, 5.41) is 3.56. The minimum atomic E-state index is 0.473. The fraction of sp³-hybridized carbons (Fsp3) is 1.00. The van der Waals surface area contributed by atoms with E-state index in [9.17, 15) is 0 Å². The van der Waals surface area contributed by atoms with Gasteiger partial charge in [-0.05, 0) is 43.8 Å². The van der Waals surface area contributed by atoms with Crippen LogP contribution in [-0.4, -0.2) is 37.6 Å². The summed E-state index contributed by atoms with van der Waals surface area (Å²) < 4.78 is 0. The zero-order chi connectivity index (χ0) is 13.3. The lowest BCUT2D eigenvalue weighted by Crippen LogP contribution is -2.32. The zero-order valence-electron chi connectivity index (χ0n) is 13.0. The van der Waals surface area contributed by atoms with Crippen LogP contribution in [0.1, 0.15) is 54.4 Å². The van der Waals surface area contributed by atoms with E-state index in [0.717, 1.165) is 12.5 Å². The van der Waals surface area contributed by atoms with Crippen molar-refractivity contribution in [2.45, 2.75) is 54.4 Å². The molecule has 0 aromatic carbocycles. The fourth-order valence-electron chi connectivity index (χ4n) is 2.40. The highest BCUT2D eigenvalue weighted by Gasteiger charge is 2.14. The highest BCUT2D eigenvalue weighted by atomic mass is 15.1. The van der Waals surface area contributed by atoms with Gasteiger partial charge in [0.25, 0.3) is 0 Å². The first-order valence-corrected chi connectivity index (χ1v) is 7.32. The van der Waals surface area contributed by atoms with Gasteiger partial charge in [-0.3, -0.25) is 0 Å². The molecular weight excluding hydrogens is 208 g/mol. The van der Waals surface area contributed by atoms with Crippen LogP contribution in [0.4, 0.5) is 0 Å². The van der Waals surface area contributed by atoms with Crippen molar-refractivity contribution < 1.29 is 0 Å². The van der Waals surface area contributed by atoms with E-state index in [2.05, 4.69) is 51.8 Å². The molecule has 0 radical (unpaired) electrons. The molecule has 0 aliphatic carbocycles. The van der Waals surface area contributed by atoms with E-state index in [0.29, 0.717) is 5.41 Å². The highest BCUT2D eigenvalue weighted by Crippen LogP contribution is 2.25. The Kier molecular flexibility index (Phi) is 8.89. The third-order valence-corrected chi connectivity index (χ3v) is 3.27. The van der Waals surface area contributed by atoms with Gasteiger partial charge in [0.05, 0.1) is 0 Å². The predicted octanol–water partition coefficient (Wildman–Crippen LogP) is 3.38. The molecule has 0 saturated carbocycles. The third-order valence-electron chi connectivity index (χ3n) is 3.27. The molecule has 0 saturated heterocycles. The number of likely N-dealkylation sites (N-methyl/N-ethyl adjacent to an activating group) is 1. The average Bonchev–Trinajstić information content (AvgIpc) is 2.21. The monoisotopic (exact) mass is 242 g/mol. The van der Waals surface area contributed by atoms with E-state index in [4.69, 9.17) is 0 Å². The standard InChI is InChI=1S/C15H34N2/c1-7-17(8-2)12-11-16-10-9-14(3)13-15(4,5)6/h14,16H,7-13H2,1-6H3. The molecular formula is C15H34N2. The van der Waals surface area contributed by atoms with Gasteiger partial charge in [-0.1, -0.05) is 41.5 Å². The molecule has 0 bridgehead atoms. The second-order valence-electron chi connectivity index (χ2n) is 6.44. The van der Waals surface area contributed by atoms with Crippen molar-refractivity contribution in [3.63, 3.8) is 0 Å². The molecule has 104 valence electrons. The maximum atomic E-state index is 3.56. The molecule has 0 rings (SSSR count). The van der Waals surface area contributed by atoms with Crippen molar-refractivity contribution in [2.24, 2.45) is 11.3 Å². The van der Waals surface area contributed by atoms with Crippen molar-refractivity contribution in [2.75, 3.05) is 32.7 Å². The lowest BCUT2D eigenvalue weighted by atomic mass is 9.84. The van der Waals surface area contributed by atoms with E-state index < -0.39 is 0 Å². The summed E-state index contributed by atoms with van der Waals surface area (Å²) in [5.74, 6) is 0.830. The Morgan fingerprint density at radius 1 is 1.06 bits per heavy atom. The van der Waals surface area contributed by atoms with Crippen LogP contribution in [0.15, 0.2) is 0 Å². The summed E-state index contributed by atoms with van der Waals surface area (Å²) in [5.41, 5.74) is 0.473. The van der Waals surface area contributed by atoms with Gasteiger partial charge in [0, 0.05) is 13.1 Å². The molecule has 1 N–H and O–H groups in total. The van der Waals surface area contributed by atoms with Crippen LogP contribution in [0.5, 0.6) is 0 Å². The summed E-state index contributed by atoms with van der Waals surface area (Å²) >= 11 is 0. The van der Waals surface area contributed by atoms with Crippen LogP contribution in [0.25, 0.3) is 0 Å². The van der Waals surface area contributed by atoms with Gasteiger partial charge < -0.3 is 10.2 Å². The maximum absolute atomic E-state index is 3.56. The Morgan fingerprint density at radius 3 is 2.12 bits per heavy atom. The SMILES string of the molecule is CCN(CC)CCNCCC(C)CC(C)(C)C. The van der Waals surface area contributed by atoms with E-state index in [1.54, 1.807) is 0 Å². The first kappa shape index (κ1) is 16.9. The molecule has 0 fully saturated rings. The van der Waals surface area contributed by atoms with Crippen LogP contribution in [0.2, 0.25) is 0 Å². The normalized spacial score (nSPS) is 14.3. The van der Waals surface area contributed by atoms with Crippen LogP contribution >= 0.6 is 0 Å². The van der Waals surface area contributed by atoms with Crippen LogP contribution in [-0.2, 0) is 0 Å². The second kappa shape index (κ2) is 8.93. The Balaban J connectivity index is 3.45. The highest BCUT2D eigenvalue weighted by molar-refractivity contribution is 4.67. The van der Waals surface area contributed by atoms with Crippen molar-refractivity contribution in [3.05, 3.63) is 0 Å². The van der Waals surface area contributed by atoms with Crippen molar-refractivity contribution in [1.82, 2.24) is 10.2 Å². The quantitative estimate of drug-likeness (QED) is 0.624. The Morgan fingerprint density at radius 2 is 1.65 bits per heavy atom. The molecule has 0 aliphatic heterocycles. The number of rotatable bonds is 9. The summed E-state index contributed by atoms with van der Waals surface area (Å²) in [6.07, 6.45) is 2.63. The van der Waals surface area contributed by atoms with Gasteiger partial charge in [-0.15, -0.1) is 0 Å². The Bertz CT molecular complexity index is 168. The molecule has 0 aromatic heterocycles. The summed E-state index contributed by atoms with van der Waals surface area (Å²) in [6.45, 7) is 19.6. The van der Waals surface area contributed by atoms with Gasteiger partial charge in [0.2, 0.25) is 0 Å². The van der Waals surface area contributed by atoms with Crippen molar-refractivity contribution in [3.8, 4) is 0 Å². The van der Waals surface area contributed by atoms with E-state index in [1.807, 2.05) is 0 Å². The summed E-state index contributed by atoms with van der Waals surface area (Å²) in [4.78, 5) is 2.46. The lowest BCUT2D eigenvalue weighted by Gasteiger charge is -2.23. The minimum absolute atomic E-state index is 0.473. The molecule has 0 aromatic rings. The molecule has 0 heterocycles. The molecule has 17 heavy (non-hydrogen) atoms. The van der Waals surface area contributed by atoms with Gasteiger partial charge in [0.15, 0.2) is 0 Å². The van der Waals surface area contributed by atoms with Gasteiger partial charge >= 0.3 is 0 Å². The number of nitrogens with one attached hydrogen (secondary N) is 1.